The van der Waals surface area contributed by atoms with Gasteiger partial charge in [0.05, 0.1) is 36.6 Å². The molecule has 3 unspecified atom stereocenters. The average Bonchev–Trinajstić information content (AvgIpc) is 3.33. The van der Waals surface area contributed by atoms with Gasteiger partial charge in [0.2, 0.25) is 0 Å². The first kappa shape index (κ1) is 27.4. The molecule has 2 N–H and O–H groups in total. The maximum absolute atomic E-state index is 13.9. The minimum absolute atomic E-state index is 0.00268. The van der Waals surface area contributed by atoms with E-state index in [0.29, 0.717) is 48.3 Å². The lowest BCUT2D eigenvalue weighted by molar-refractivity contribution is -0.193. The second-order valence-electron chi connectivity index (χ2n) is 11.5. The van der Waals surface area contributed by atoms with Crippen LogP contribution in [0.1, 0.15) is 60.4 Å². The number of methoxy groups -OCH3 is 1. The number of hydrogen-bond acceptors (Lipinski definition) is 8. The fraction of sp³-hybridized carbons (Fsp3) is 0.469. The molecule has 3 aromatic rings. The number of anilines is 2. The van der Waals surface area contributed by atoms with Gasteiger partial charge >= 0.3 is 0 Å². The van der Waals surface area contributed by atoms with E-state index < -0.39 is 6.23 Å². The van der Waals surface area contributed by atoms with Gasteiger partial charge in [-0.05, 0) is 55.5 Å². The van der Waals surface area contributed by atoms with Gasteiger partial charge in [-0.15, -0.1) is 11.6 Å². The van der Waals surface area contributed by atoms with E-state index in [1.807, 2.05) is 35.2 Å². The second-order valence-corrected chi connectivity index (χ2v) is 11.8. The number of amides is 1. The number of hydroxylamine groups is 1. The highest BCUT2D eigenvalue weighted by Gasteiger charge is 2.41. The van der Waals surface area contributed by atoms with E-state index in [4.69, 9.17) is 30.6 Å². The van der Waals surface area contributed by atoms with E-state index in [-0.39, 0.29) is 29.9 Å². The standard InChI is InChI=1S/C32H36ClN3O6/c1-39-27-14-22-23(34-31(41-29-11-5-7-13-40-29)24-10-4-6-12-35(24)32(22)38)15-28(27)42-36-18-19(17-33)30-21-9-3-2-8-20(21)26(37)16-25(30)36/h2-3,8-9,14-16,19,24,29,31,34,37H,4-7,10-13,17-18H2,1H3/t19?,24-,29?,31?/m0/s1. The molecule has 0 aliphatic carbocycles. The number of benzene rings is 3. The molecule has 222 valence electrons. The summed E-state index contributed by atoms with van der Waals surface area (Å²) in [6.45, 7) is 1.86. The highest BCUT2D eigenvalue weighted by atomic mass is 35.5. The van der Waals surface area contributed by atoms with E-state index >= 15 is 0 Å². The van der Waals surface area contributed by atoms with Crippen LogP contribution in [0, 0.1) is 0 Å². The first-order valence-corrected chi connectivity index (χ1v) is 15.4. The first-order valence-electron chi connectivity index (χ1n) is 14.9. The number of phenols is 1. The third kappa shape index (κ3) is 4.77. The Kier molecular flexibility index (Phi) is 7.42. The molecule has 2 saturated heterocycles. The Balaban J connectivity index is 1.25. The van der Waals surface area contributed by atoms with E-state index in [2.05, 4.69) is 5.32 Å². The van der Waals surface area contributed by atoms with Gasteiger partial charge < -0.3 is 34.4 Å². The Morgan fingerprint density at radius 3 is 2.69 bits per heavy atom. The number of nitrogens with one attached hydrogen (secondary N) is 1. The molecule has 0 bridgehead atoms. The molecule has 1 amide bonds. The van der Waals surface area contributed by atoms with Crippen LogP contribution in [-0.2, 0) is 9.47 Å². The highest BCUT2D eigenvalue weighted by molar-refractivity contribution is 6.18. The van der Waals surface area contributed by atoms with Gasteiger partial charge in [-0.25, -0.2) is 5.06 Å². The summed E-state index contributed by atoms with van der Waals surface area (Å²) in [5.74, 6) is 1.41. The van der Waals surface area contributed by atoms with Crippen molar-refractivity contribution in [1.29, 1.82) is 0 Å². The van der Waals surface area contributed by atoms with Crippen LogP contribution >= 0.6 is 11.6 Å². The summed E-state index contributed by atoms with van der Waals surface area (Å²) in [7, 11) is 1.57. The van der Waals surface area contributed by atoms with Gasteiger partial charge in [0.1, 0.15) is 5.75 Å². The number of nitrogens with zero attached hydrogens (tertiary/aromatic N) is 2. The van der Waals surface area contributed by atoms with E-state index in [1.54, 1.807) is 24.3 Å². The molecule has 4 heterocycles. The van der Waals surface area contributed by atoms with Crippen LogP contribution in [0.25, 0.3) is 10.8 Å². The summed E-state index contributed by atoms with van der Waals surface area (Å²) >= 11 is 6.44. The number of carbonyl (C=O) groups is 1. The molecule has 4 aliphatic heterocycles. The van der Waals surface area contributed by atoms with Crippen molar-refractivity contribution in [3.05, 3.63) is 53.6 Å². The van der Waals surface area contributed by atoms with E-state index in [0.717, 1.165) is 60.5 Å². The van der Waals surface area contributed by atoms with Crippen LogP contribution in [0.4, 0.5) is 11.4 Å². The molecule has 4 atom stereocenters. The molecule has 0 radical (unpaired) electrons. The van der Waals surface area contributed by atoms with E-state index in [9.17, 15) is 9.90 Å². The summed E-state index contributed by atoms with van der Waals surface area (Å²) in [5.41, 5.74) is 2.94. The van der Waals surface area contributed by atoms with Gasteiger partial charge in [-0.1, -0.05) is 24.3 Å². The number of hydrogen-bond donors (Lipinski definition) is 2. The number of fused-ring (bicyclic) bond motifs is 5. The number of carbonyl (C=O) groups excluding carboxylic acids is 1. The van der Waals surface area contributed by atoms with Gasteiger partial charge in [-0.2, -0.15) is 0 Å². The number of phenolic OH excluding ortho intramolecular Hbond substituents is 1. The number of halogens is 1. The predicted molar refractivity (Wildman–Crippen MR) is 161 cm³/mol. The van der Waals surface area contributed by atoms with Crippen molar-refractivity contribution in [2.24, 2.45) is 0 Å². The molecule has 0 saturated carbocycles. The zero-order chi connectivity index (χ0) is 28.8. The maximum Gasteiger partial charge on any atom is 0.256 e. The highest BCUT2D eigenvalue weighted by Crippen LogP contribution is 2.47. The third-order valence-corrected chi connectivity index (χ3v) is 9.30. The Bertz CT molecular complexity index is 1490. The molecule has 7 rings (SSSR count). The van der Waals surface area contributed by atoms with Crippen molar-refractivity contribution >= 4 is 39.7 Å². The van der Waals surface area contributed by atoms with Gasteiger partial charge in [0.15, 0.2) is 24.0 Å². The minimum Gasteiger partial charge on any atom is -0.507 e. The Morgan fingerprint density at radius 1 is 1.07 bits per heavy atom. The minimum atomic E-state index is -0.420. The maximum atomic E-state index is 13.9. The fourth-order valence-electron chi connectivity index (χ4n) is 6.84. The zero-order valence-electron chi connectivity index (χ0n) is 23.7. The van der Waals surface area contributed by atoms with Crippen molar-refractivity contribution in [2.75, 3.05) is 43.1 Å². The lowest BCUT2D eigenvalue weighted by Gasteiger charge is -2.39. The topological polar surface area (TPSA) is 92.7 Å². The van der Waals surface area contributed by atoms with Crippen LogP contribution < -0.4 is 20.0 Å². The third-order valence-electron chi connectivity index (χ3n) is 8.93. The fourth-order valence-corrected chi connectivity index (χ4v) is 7.09. The molecule has 0 aromatic heterocycles. The molecule has 42 heavy (non-hydrogen) atoms. The zero-order valence-corrected chi connectivity index (χ0v) is 24.4. The van der Waals surface area contributed by atoms with Crippen LogP contribution in [0.3, 0.4) is 0 Å². The molecule has 4 aliphatic rings. The van der Waals surface area contributed by atoms with Crippen molar-refractivity contribution < 1.29 is 28.9 Å². The molecule has 9 nitrogen and oxygen atoms in total. The van der Waals surface area contributed by atoms with Crippen LogP contribution in [0.5, 0.6) is 17.2 Å². The average molecular weight is 594 g/mol. The summed E-state index contributed by atoms with van der Waals surface area (Å²) in [4.78, 5) is 22.3. The Hall–Kier alpha value is -3.40. The normalized spacial score (nSPS) is 25.3. The molecule has 3 aromatic carbocycles. The van der Waals surface area contributed by atoms with Crippen molar-refractivity contribution in [2.45, 2.75) is 63.0 Å². The Labute approximate surface area is 250 Å². The SMILES string of the molecule is COc1cc2c(cc1ON1CC(CCl)c3c1cc(O)c1ccccc31)NC(OC1CCCCO1)[C@@H]1CCCCN1C2=O. The summed E-state index contributed by atoms with van der Waals surface area (Å²) < 4.78 is 18.2. The number of alkyl halides is 1. The lowest BCUT2D eigenvalue weighted by Crippen LogP contribution is -2.52. The second kappa shape index (κ2) is 11.4. The van der Waals surface area contributed by atoms with Crippen molar-refractivity contribution in [1.82, 2.24) is 4.90 Å². The monoisotopic (exact) mass is 593 g/mol. The summed E-state index contributed by atoms with van der Waals surface area (Å²) in [5, 5.41) is 17.9. The number of piperidine rings is 1. The van der Waals surface area contributed by atoms with Gasteiger partial charge in [0, 0.05) is 42.5 Å². The number of rotatable bonds is 6. The van der Waals surface area contributed by atoms with E-state index in [1.165, 1.54) is 0 Å². The Morgan fingerprint density at radius 2 is 1.90 bits per heavy atom. The summed E-state index contributed by atoms with van der Waals surface area (Å²) in [6.07, 6.45) is 5.05. The quantitative estimate of drug-likeness (QED) is 0.337. The first-order chi connectivity index (χ1) is 20.6. The van der Waals surface area contributed by atoms with Crippen LogP contribution in [0.15, 0.2) is 42.5 Å². The molecular weight excluding hydrogens is 558 g/mol. The van der Waals surface area contributed by atoms with Crippen LogP contribution in [0.2, 0.25) is 0 Å². The lowest BCUT2D eigenvalue weighted by atomic mass is 9.95. The molecular formula is C32H36ClN3O6. The predicted octanol–water partition coefficient (Wildman–Crippen LogP) is 5.98. The molecule has 0 spiro atoms. The van der Waals surface area contributed by atoms with Crippen molar-refractivity contribution in [3.8, 4) is 17.2 Å². The smallest absolute Gasteiger partial charge is 0.256 e. The van der Waals surface area contributed by atoms with Gasteiger partial charge in [-0.3, -0.25) is 4.79 Å². The van der Waals surface area contributed by atoms with Gasteiger partial charge in [0.25, 0.3) is 5.91 Å². The summed E-state index contributed by atoms with van der Waals surface area (Å²) in [6, 6.07) is 13.0. The molecule has 10 heteroatoms. The largest absolute Gasteiger partial charge is 0.507 e. The molecule has 2 fully saturated rings. The number of ether oxygens (including phenoxy) is 3. The van der Waals surface area contributed by atoms with Crippen LogP contribution in [-0.4, -0.2) is 67.2 Å². The number of aromatic hydroxyl groups is 1. The van der Waals surface area contributed by atoms with Crippen molar-refractivity contribution in [3.63, 3.8) is 0 Å².